The Morgan fingerprint density at radius 1 is 0.429 bits per heavy atom. The van der Waals surface area contributed by atoms with Gasteiger partial charge in [-0.25, -0.2) is 0 Å². The maximum atomic E-state index is 15.9. The fourth-order valence-corrected chi connectivity index (χ4v) is 16.2. The number of hydrogen-bond acceptors (Lipinski definition) is 4. The van der Waals surface area contributed by atoms with E-state index < -0.39 is 0 Å². The number of aryl methyl sites for hydroxylation is 2. The Morgan fingerprint density at radius 2 is 0.800 bits per heavy atom. The van der Waals surface area contributed by atoms with E-state index in [4.69, 9.17) is 0 Å². The van der Waals surface area contributed by atoms with E-state index in [2.05, 4.69) is 114 Å². The summed E-state index contributed by atoms with van der Waals surface area (Å²) in [5.41, 5.74) is 4.95. The number of Topliss-reactive ketones (excluding diaryl/α,β-unsaturated/α-hetero) is 2. The molecule has 3 aliphatic carbocycles. The summed E-state index contributed by atoms with van der Waals surface area (Å²) in [6.07, 6.45) is 35.7. The van der Waals surface area contributed by atoms with Crippen LogP contribution in [-0.2, 0) is 9.59 Å². The first-order valence-corrected chi connectivity index (χ1v) is 31.3. The molecular formula is C66H96O2S2. The molecule has 0 aliphatic heterocycles. The molecule has 3 fully saturated rings. The van der Waals surface area contributed by atoms with Gasteiger partial charge < -0.3 is 0 Å². The Kier molecular flexibility index (Phi) is 22.4. The van der Waals surface area contributed by atoms with Gasteiger partial charge in [0.05, 0.1) is 0 Å². The van der Waals surface area contributed by atoms with Gasteiger partial charge in [-0.3, -0.25) is 9.59 Å². The second-order valence-electron chi connectivity index (χ2n) is 23.2. The van der Waals surface area contributed by atoms with Gasteiger partial charge in [-0.15, -0.1) is 22.7 Å². The average Bonchev–Trinajstić information content (AvgIpc) is 4.18. The van der Waals surface area contributed by atoms with Gasteiger partial charge in [0.25, 0.3) is 0 Å². The van der Waals surface area contributed by atoms with Gasteiger partial charge in [0, 0.05) is 43.2 Å². The number of benzene rings is 2. The Bertz CT molecular complexity index is 2090. The number of hydrogen-bond donors (Lipinski definition) is 0. The SMILES string of the molecule is CCCCCCCCC(CCCCCC)CC1C2CC(c3ccc(-c4ccc(-c5ccc(C)s5)s4)cc3)C(=O)C2C(CC(CCCCCC)CCCCCCCC)C2CC(c3ccc(C)cc3)C(=O)C12. The molecule has 10 unspecified atom stereocenters. The number of rotatable bonds is 32. The van der Waals surface area contributed by atoms with Gasteiger partial charge >= 0.3 is 0 Å². The smallest absolute Gasteiger partial charge is 0.143 e. The first kappa shape index (κ1) is 54.9. The molecule has 2 nitrogen and oxygen atoms in total. The Morgan fingerprint density at radius 3 is 1.23 bits per heavy atom. The quantitative estimate of drug-likeness (QED) is 0.0457. The van der Waals surface area contributed by atoms with Crippen LogP contribution in [0.5, 0.6) is 0 Å². The van der Waals surface area contributed by atoms with Crippen LogP contribution in [0.2, 0.25) is 0 Å². The molecule has 7 rings (SSSR count). The van der Waals surface area contributed by atoms with Crippen LogP contribution < -0.4 is 0 Å². The Hall–Kier alpha value is -2.82. The predicted molar refractivity (Wildman–Crippen MR) is 304 cm³/mol. The minimum Gasteiger partial charge on any atom is -0.299 e. The third-order valence-electron chi connectivity index (χ3n) is 18.0. The van der Waals surface area contributed by atoms with Crippen molar-refractivity contribution < 1.29 is 9.59 Å². The van der Waals surface area contributed by atoms with Gasteiger partial charge in [0.2, 0.25) is 0 Å². The highest BCUT2D eigenvalue weighted by atomic mass is 32.1. The van der Waals surface area contributed by atoms with Crippen LogP contribution in [0.1, 0.15) is 241 Å². The lowest BCUT2D eigenvalue weighted by atomic mass is 9.55. The van der Waals surface area contributed by atoms with Gasteiger partial charge in [-0.2, -0.15) is 0 Å². The van der Waals surface area contributed by atoms with Crippen LogP contribution in [0.4, 0.5) is 0 Å². The summed E-state index contributed by atoms with van der Waals surface area (Å²) >= 11 is 3.74. The van der Waals surface area contributed by atoms with E-state index in [9.17, 15) is 0 Å². The fourth-order valence-electron chi connectivity index (χ4n) is 14.2. The highest BCUT2D eigenvalue weighted by molar-refractivity contribution is 7.23. The predicted octanol–water partition coefficient (Wildman–Crippen LogP) is 20.7. The topological polar surface area (TPSA) is 34.1 Å². The molecule has 0 amide bonds. The molecule has 2 aromatic heterocycles. The van der Waals surface area contributed by atoms with E-state index in [0.717, 1.165) is 25.7 Å². The monoisotopic (exact) mass is 985 g/mol. The van der Waals surface area contributed by atoms with Crippen molar-refractivity contribution in [3.8, 4) is 20.2 Å². The van der Waals surface area contributed by atoms with Crippen LogP contribution in [-0.4, -0.2) is 11.6 Å². The summed E-state index contributed by atoms with van der Waals surface area (Å²) in [6.45, 7) is 13.7. The average molecular weight is 986 g/mol. The van der Waals surface area contributed by atoms with E-state index >= 15 is 9.59 Å². The van der Waals surface area contributed by atoms with Gasteiger partial charge in [-0.05, 0) is 116 Å². The molecule has 0 bridgehead atoms. The lowest BCUT2D eigenvalue weighted by Gasteiger charge is -2.48. The van der Waals surface area contributed by atoms with Crippen LogP contribution in [0.25, 0.3) is 20.2 Å². The third-order valence-corrected chi connectivity index (χ3v) is 20.4. The first-order chi connectivity index (χ1) is 34.2. The molecule has 3 aliphatic rings. The van der Waals surface area contributed by atoms with Gasteiger partial charge in [-0.1, -0.05) is 236 Å². The minimum atomic E-state index is -0.0768. The normalized spacial score (nSPS) is 24.0. The summed E-state index contributed by atoms with van der Waals surface area (Å²) in [5, 5.41) is 0. The second-order valence-corrected chi connectivity index (χ2v) is 25.6. The highest BCUT2D eigenvalue weighted by Crippen LogP contribution is 2.63. The van der Waals surface area contributed by atoms with Crippen molar-refractivity contribution in [3.63, 3.8) is 0 Å². The summed E-state index contributed by atoms with van der Waals surface area (Å²) in [6, 6.07) is 27.3. The van der Waals surface area contributed by atoms with Crippen molar-refractivity contribution in [3.05, 3.63) is 94.4 Å². The van der Waals surface area contributed by atoms with Crippen LogP contribution in [0, 0.1) is 61.2 Å². The zero-order valence-electron chi connectivity index (χ0n) is 45.1. The van der Waals surface area contributed by atoms with Gasteiger partial charge in [0.15, 0.2) is 0 Å². The molecule has 0 saturated heterocycles. The van der Waals surface area contributed by atoms with E-state index in [0.29, 0.717) is 41.2 Å². The third kappa shape index (κ3) is 14.7. The summed E-state index contributed by atoms with van der Waals surface area (Å²) in [5.74, 6) is 3.54. The minimum absolute atomic E-state index is 0.0392. The van der Waals surface area contributed by atoms with Crippen molar-refractivity contribution >= 4 is 34.2 Å². The summed E-state index contributed by atoms with van der Waals surface area (Å²) < 4.78 is 0. The number of thiophene rings is 2. The van der Waals surface area contributed by atoms with E-state index in [1.54, 1.807) is 0 Å². The lowest BCUT2D eigenvalue weighted by molar-refractivity contribution is -0.135. The van der Waals surface area contributed by atoms with E-state index in [1.165, 1.54) is 196 Å². The summed E-state index contributed by atoms with van der Waals surface area (Å²) in [4.78, 5) is 36.8. The number of ketones is 2. The molecular weight excluding hydrogens is 889 g/mol. The number of carbonyl (C=O) groups excluding carboxylic acids is 2. The molecule has 3 saturated carbocycles. The number of fused-ring (bicyclic) bond motifs is 2. The Labute approximate surface area is 436 Å². The fraction of sp³-hybridized carbons (Fsp3) is 0.667. The van der Waals surface area contributed by atoms with Gasteiger partial charge in [0.1, 0.15) is 11.6 Å². The molecule has 0 spiro atoms. The summed E-state index contributed by atoms with van der Waals surface area (Å²) in [7, 11) is 0. The van der Waals surface area contributed by atoms with Crippen LogP contribution in [0.3, 0.4) is 0 Å². The van der Waals surface area contributed by atoms with Crippen molar-refractivity contribution in [2.24, 2.45) is 47.3 Å². The molecule has 384 valence electrons. The zero-order chi connectivity index (χ0) is 49.2. The molecule has 10 atom stereocenters. The molecule has 2 heterocycles. The molecule has 4 heteroatoms. The first-order valence-electron chi connectivity index (χ1n) is 29.6. The van der Waals surface area contributed by atoms with Crippen molar-refractivity contribution in [2.75, 3.05) is 0 Å². The second kappa shape index (κ2) is 28.6. The van der Waals surface area contributed by atoms with E-state index in [1.807, 2.05) is 22.7 Å². The number of unbranched alkanes of at least 4 members (excludes halogenated alkanes) is 16. The van der Waals surface area contributed by atoms with Crippen LogP contribution >= 0.6 is 22.7 Å². The largest absolute Gasteiger partial charge is 0.299 e. The van der Waals surface area contributed by atoms with E-state index in [-0.39, 0.29) is 29.6 Å². The van der Waals surface area contributed by atoms with Crippen molar-refractivity contribution in [1.29, 1.82) is 0 Å². The Balaban J connectivity index is 1.23. The standard InChI is InChI=1S/C66H96O2S2/c1-7-11-15-19-21-25-29-49(27-23-17-13-9-3)43-56-58-45-54(51-34-31-47(5)32-35-51)65(67)63(58)57(44-50(28-24-18-14-10-4)30-26-22-20-16-12-8-2)59-46-55(66(68)64(56)59)52-36-38-53(39-37-52)60-41-42-62(70-60)61-40-33-48(6)69-61/h31-42,49-50,54-59,63-64H,7-30,43-46H2,1-6H3. The zero-order valence-corrected chi connectivity index (χ0v) is 46.8. The molecule has 0 N–H and O–H groups in total. The molecule has 2 aromatic carbocycles. The maximum Gasteiger partial charge on any atom is 0.143 e. The van der Waals surface area contributed by atoms with Crippen molar-refractivity contribution in [1.82, 2.24) is 0 Å². The molecule has 70 heavy (non-hydrogen) atoms. The van der Waals surface area contributed by atoms with Crippen molar-refractivity contribution in [2.45, 2.75) is 233 Å². The van der Waals surface area contributed by atoms with Crippen LogP contribution in [0.15, 0.2) is 72.8 Å². The number of carbonyl (C=O) groups is 2. The highest BCUT2D eigenvalue weighted by Gasteiger charge is 2.62. The molecule has 0 radical (unpaired) electrons. The lowest BCUT2D eigenvalue weighted by Crippen LogP contribution is -2.47. The maximum absolute atomic E-state index is 15.9. The molecule has 4 aromatic rings.